The molecule has 1 unspecified atom stereocenters. The third-order valence-corrected chi connectivity index (χ3v) is 5.34. The molecule has 2 aromatic carbocycles. The largest absolute Gasteiger partial charge is 0.394 e. The predicted octanol–water partition coefficient (Wildman–Crippen LogP) is 4.57. The molecule has 0 saturated heterocycles. The molecule has 1 atom stereocenters. The van der Waals surface area contributed by atoms with Gasteiger partial charge in [-0.25, -0.2) is 18.7 Å². The summed E-state index contributed by atoms with van der Waals surface area (Å²) < 4.78 is 27.4. The number of hydrogen-bond donors (Lipinski definition) is 4. The van der Waals surface area contributed by atoms with Crippen molar-refractivity contribution in [1.82, 2.24) is 20.3 Å². The molecule has 1 amide bonds. The third kappa shape index (κ3) is 5.10. The molecule has 4 rings (SSSR count). The van der Waals surface area contributed by atoms with Gasteiger partial charge < -0.3 is 20.7 Å². The van der Waals surface area contributed by atoms with Crippen molar-refractivity contribution in [3.05, 3.63) is 94.9 Å². The van der Waals surface area contributed by atoms with Crippen LogP contribution in [0.2, 0.25) is 0 Å². The number of nitrogens with zero attached hydrogens (tertiary/aromatic N) is 2. The highest BCUT2D eigenvalue weighted by molar-refractivity contribution is 5.94. The summed E-state index contributed by atoms with van der Waals surface area (Å²) >= 11 is 0. The number of aryl methyl sites for hydroxylation is 2. The van der Waals surface area contributed by atoms with E-state index in [-0.39, 0.29) is 24.1 Å². The number of carbonyl (C=O) groups is 1. The molecule has 0 fully saturated rings. The van der Waals surface area contributed by atoms with Crippen molar-refractivity contribution in [3.8, 4) is 11.3 Å². The van der Waals surface area contributed by atoms with Gasteiger partial charge in [-0.05, 0) is 60.9 Å². The zero-order chi connectivity index (χ0) is 24.2. The van der Waals surface area contributed by atoms with Gasteiger partial charge in [-0.15, -0.1) is 0 Å². The van der Waals surface area contributed by atoms with Gasteiger partial charge in [-0.2, -0.15) is 0 Å². The zero-order valence-electron chi connectivity index (χ0n) is 18.6. The fourth-order valence-corrected chi connectivity index (χ4v) is 3.45. The lowest BCUT2D eigenvalue weighted by atomic mass is 10.0. The van der Waals surface area contributed by atoms with Crippen LogP contribution >= 0.6 is 0 Å². The minimum Gasteiger partial charge on any atom is -0.394 e. The Bertz CT molecular complexity index is 1340. The Labute approximate surface area is 194 Å². The number of aromatic amines is 1. The van der Waals surface area contributed by atoms with E-state index in [1.54, 1.807) is 49.6 Å². The SMILES string of the molecule is Cc1ccc(C(CO)NC(=O)c2cc(-c3nc(Nc4cccc(F)c4)ncc3C)c[nH]2)cc1F. The van der Waals surface area contributed by atoms with Crippen LogP contribution in [0, 0.1) is 25.5 Å². The second-order valence-corrected chi connectivity index (χ2v) is 7.88. The first kappa shape index (κ1) is 23.1. The number of H-pyrrole nitrogens is 1. The van der Waals surface area contributed by atoms with Crippen LogP contribution in [0.3, 0.4) is 0 Å². The zero-order valence-corrected chi connectivity index (χ0v) is 18.6. The Morgan fingerprint density at radius 1 is 1.12 bits per heavy atom. The average molecular weight is 463 g/mol. The number of nitrogens with one attached hydrogen (secondary N) is 3. The number of halogens is 2. The summed E-state index contributed by atoms with van der Waals surface area (Å²) in [7, 11) is 0. The molecule has 0 aliphatic heterocycles. The number of rotatable bonds is 7. The first-order valence-electron chi connectivity index (χ1n) is 10.6. The van der Waals surface area contributed by atoms with Crippen molar-refractivity contribution in [1.29, 1.82) is 0 Å². The summed E-state index contributed by atoms with van der Waals surface area (Å²) in [5, 5.41) is 15.4. The van der Waals surface area contributed by atoms with Gasteiger partial charge in [0.1, 0.15) is 17.3 Å². The normalized spacial score (nSPS) is 11.8. The Morgan fingerprint density at radius 2 is 1.94 bits per heavy atom. The third-order valence-electron chi connectivity index (χ3n) is 5.34. The van der Waals surface area contributed by atoms with E-state index in [2.05, 4.69) is 25.6 Å². The van der Waals surface area contributed by atoms with Gasteiger partial charge in [0.15, 0.2) is 0 Å². The van der Waals surface area contributed by atoms with Crippen molar-refractivity contribution in [2.24, 2.45) is 0 Å². The minimum atomic E-state index is -0.766. The molecule has 0 aliphatic rings. The van der Waals surface area contributed by atoms with E-state index in [4.69, 9.17) is 0 Å². The number of aliphatic hydroxyl groups is 1. The molecule has 0 radical (unpaired) electrons. The summed E-state index contributed by atoms with van der Waals surface area (Å²) in [6.07, 6.45) is 3.26. The van der Waals surface area contributed by atoms with Crippen LogP contribution in [-0.2, 0) is 0 Å². The molecule has 2 heterocycles. The van der Waals surface area contributed by atoms with E-state index in [0.29, 0.717) is 28.1 Å². The summed E-state index contributed by atoms with van der Waals surface area (Å²) in [5.41, 5.74) is 3.71. The van der Waals surface area contributed by atoms with Crippen LogP contribution < -0.4 is 10.6 Å². The topological polar surface area (TPSA) is 103 Å². The minimum absolute atomic E-state index is 0.249. The smallest absolute Gasteiger partial charge is 0.268 e. The standard InChI is InChI=1S/C25H23F2N5O2/c1-14-6-7-16(8-20(14)27)22(13-33)31-24(34)21-9-17(12-28-21)23-15(2)11-29-25(32-23)30-19-5-3-4-18(26)10-19/h3-12,22,28,33H,13H2,1-2H3,(H,31,34)(H,29,30,32). The van der Waals surface area contributed by atoms with Crippen molar-refractivity contribution >= 4 is 17.5 Å². The molecule has 9 heteroatoms. The summed E-state index contributed by atoms with van der Waals surface area (Å²) in [4.78, 5) is 24.4. The van der Waals surface area contributed by atoms with Crippen LogP contribution in [-0.4, -0.2) is 32.6 Å². The summed E-state index contributed by atoms with van der Waals surface area (Å²) in [6, 6.07) is 11.4. The van der Waals surface area contributed by atoms with Gasteiger partial charge in [-0.3, -0.25) is 4.79 Å². The van der Waals surface area contributed by atoms with Crippen molar-refractivity contribution in [2.75, 3.05) is 11.9 Å². The molecule has 34 heavy (non-hydrogen) atoms. The van der Waals surface area contributed by atoms with E-state index in [9.17, 15) is 18.7 Å². The number of carbonyl (C=O) groups excluding carboxylic acids is 1. The van der Waals surface area contributed by atoms with Gasteiger partial charge in [0, 0.05) is 23.6 Å². The molecule has 0 saturated carbocycles. The molecule has 7 nitrogen and oxygen atoms in total. The summed E-state index contributed by atoms with van der Waals surface area (Å²) in [6.45, 7) is 3.09. The molecule has 4 aromatic rings. The van der Waals surface area contributed by atoms with Crippen LogP contribution in [0.25, 0.3) is 11.3 Å². The van der Waals surface area contributed by atoms with Gasteiger partial charge >= 0.3 is 0 Å². The highest BCUT2D eigenvalue weighted by Crippen LogP contribution is 2.25. The van der Waals surface area contributed by atoms with Gasteiger partial charge in [0.2, 0.25) is 5.95 Å². The highest BCUT2D eigenvalue weighted by atomic mass is 19.1. The number of amides is 1. The van der Waals surface area contributed by atoms with Crippen LogP contribution in [0.15, 0.2) is 60.9 Å². The monoisotopic (exact) mass is 463 g/mol. The lowest BCUT2D eigenvalue weighted by Gasteiger charge is -2.17. The fourth-order valence-electron chi connectivity index (χ4n) is 3.45. The molecular weight excluding hydrogens is 440 g/mol. The highest BCUT2D eigenvalue weighted by Gasteiger charge is 2.18. The van der Waals surface area contributed by atoms with E-state index < -0.39 is 17.8 Å². The number of anilines is 2. The molecule has 4 N–H and O–H groups in total. The van der Waals surface area contributed by atoms with Crippen molar-refractivity contribution < 1.29 is 18.7 Å². The maximum Gasteiger partial charge on any atom is 0.268 e. The van der Waals surface area contributed by atoms with E-state index in [0.717, 1.165) is 5.56 Å². The molecule has 0 spiro atoms. The second-order valence-electron chi connectivity index (χ2n) is 7.88. The lowest BCUT2D eigenvalue weighted by Crippen LogP contribution is -2.31. The first-order chi connectivity index (χ1) is 16.3. The summed E-state index contributed by atoms with van der Waals surface area (Å²) in [5.74, 6) is -0.973. The van der Waals surface area contributed by atoms with E-state index in [1.165, 1.54) is 18.2 Å². The van der Waals surface area contributed by atoms with Crippen LogP contribution in [0.1, 0.15) is 33.2 Å². The number of hydrogen-bond acceptors (Lipinski definition) is 5. The van der Waals surface area contributed by atoms with Crippen molar-refractivity contribution in [3.63, 3.8) is 0 Å². The van der Waals surface area contributed by atoms with E-state index in [1.807, 2.05) is 6.92 Å². The Morgan fingerprint density at radius 3 is 2.68 bits per heavy atom. The molecule has 2 aromatic heterocycles. The first-order valence-corrected chi connectivity index (χ1v) is 10.6. The quantitative estimate of drug-likeness (QED) is 0.321. The number of aliphatic hydroxyl groups excluding tert-OH is 1. The van der Waals surface area contributed by atoms with Crippen LogP contribution in [0.4, 0.5) is 20.4 Å². The Balaban J connectivity index is 1.53. The Kier molecular flexibility index (Phi) is 6.65. The molecular formula is C25H23F2N5O2. The number of aromatic nitrogens is 3. The number of benzene rings is 2. The maximum atomic E-state index is 13.9. The second kappa shape index (κ2) is 9.80. The lowest BCUT2D eigenvalue weighted by molar-refractivity contribution is 0.0911. The van der Waals surface area contributed by atoms with Crippen molar-refractivity contribution in [2.45, 2.75) is 19.9 Å². The average Bonchev–Trinajstić information content (AvgIpc) is 3.31. The van der Waals surface area contributed by atoms with Gasteiger partial charge in [0.05, 0.1) is 18.3 Å². The van der Waals surface area contributed by atoms with Crippen LogP contribution in [0.5, 0.6) is 0 Å². The molecule has 0 aliphatic carbocycles. The molecule has 0 bridgehead atoms. The van der Waals surface area contributed by atoms with E-state index >= 15 is 0 Å². The molecule has 174 valence electrons. The van der Waals surface area contributed by atoms with Gasteiger partial charge in [0.25, 0.3) is 5.91 Å². The maximum absolute atomic E-state index is 13.9. The fraction of sp³-hybridized carbons (Fsp3) is 0.160. The van der Waals surface area contributed by atoms with Gasteiger partial charge in [-0.1, -0.05) is 18.2 Å². The Hall–Kier alpha value is -4.11. The predicted molar refractivity (Wildman–Crippen MR) is 125 cm³/mol.